The largest absolute Gasteiger partial charge is 0.326 e. The monoisotopic (exact) mass is 376 g/mol. The summed E-state index contributed by atoms with van der Waals surface area (Å²) in [6, 6.07) is 11.9. The van der Waals surface area contributed by atoms with E-state index in [2.05, 4.69) is 10.6 Å². The third-order valence-electron chi connectivity index (χ3n) is 3.32. The number of hydrogen-bond donors (Lipinski definition) is 2. The van der Waals surface area contributed by atoms with Crippen molar-refractivity contribution in [3.05, 3.63) is 64.1 Å². The summed E-state index contributed by atoms with van der Waals surface area (Å²) in [7, 11) is 0. The van der Waals surface area contributed by atoms with Gasteiger partial charge in [0.2, 0.25) is 11.8 Å². The summed E-state index contributed by atoms with van der Waals surface area (Å²) in [5.41, 5.74) is 1.96. The van der Waals surface area contributed by atoms with E-state index in [4.69, 9.17) is 23.2 Å². The number of carbonyl (C=O) groups is 2. The summed E-state index contributed by atoms with van der Waals surface area (Å²) < 4.78 is 0. The zero-order valence-corrected chi connectivity index (χ0v) is 15.4. The standard InChI is InChI=1S/C19H18Cl2N2O2/c1-12(2)19(25)23-16-7-5-15(6-8-16)22-18(24)10-3-13-11-14(20)4-9-17(13)21/h3-12H,1-2H3,(H,22,24)(H,23,25)/b10-3+. The van der Waals surface area contributed by atoms with Gasteiger partial charge in [-0.15, -0.1) is 0 Å². The van der Waals surface area contributed by atoms with Gasteiger partial charge < -0.3 is 10.6 Å². The molecule has 0 radical (unpaired) electrons. The molecule has 6 heteroatoms. The van der Waals surface area contributed by atoms with Gasteiger partial charge in [0.25, 0.3) is 0 Å². The lowest BCUT2D eigenvalue weighted by Crippen LogP contribution is -2.17. The number of rotatable bonds is 5. The fourth-order valence-corrected chi connectivity index (χ4v) is 2.28. The third kappa shape index (κ3) is 5.93. The van der Waals surface area contributed by atoms with Crippen LogP contribution < -0.4 is 10.6 Å². The Morgan fingerprint density at radius 1 is 0.960 bits per heavy atom. The van der Waals surface area contributed by atoms with Gasteiger partial charge in [0, 0.05) is 33.4 Å². The van der Waals surface area contributed by atoms with Gasteiger partial charge in [-0.3, -0.25) is 9.59 Å². The second kappa shape index (κ2) is 8.70. The molecule has 2 rings (SSSR count). The normalized spacial score (nSPS) is 10.9. The van der Waals surface area contributed by atoms with E-state index >= 15 is 0 Å². The van der Waals surface area contributed by atoms with Gasteiger partial charge in [-0.25, -0.2) is 0 Å². The van der Waals surface area contributed by atoms with E-state index in [9.17, 15) is 9.59 Å². The van der Waals surface area contributed by atoms with Gasteiger partial charge in [-0.1, -0.05) is 37.0 Å². The molecule has 0 aliphatic carbocycles. The molecule has 2 N–H and O–H groups in total. The van der Waals surface area contributed by atoms with Gasteiger partial charge in [0.05, 0.1) is 0 Å². The summed E-state index contributed by atoms with van der Waals surface area (Å²) in [6.07, 6.45) is 2.98. The van der Waals surface area contributed by atoms with Crippen molar-refractivity contribution in [2.24, 2.45) is 5.92 Å². The van der Waals surface area contributed by atoms with E-state index in [1.165, 1.54) is 6.08 Å². The molecule has 4 nitrogen and oxygen atoms in total. The van der Waals surface area contributed by atoms with Gasteiger partial charge in [-0.2, -0.15) is 0 Å². The average Bonchev–Trinajstić information content (AvgIpc) is 2.57. The second-order valence-corrected chi connectivity index (χ2v) is 6.55. The second-order valence-electron chi connectivity index (χ2n) is 5.71. The number of benzene rings is 2. The Kier molecular flexibility index (Phi) is 6.62. The number of hydrogen-bond acceptors (Lipinski definition) is 2. The zero-order chi connectivity index (χ0) is 18.4. The topological polar surface area (TPSA) is 58.2 Å². The van der Waals surface area contributed by atoms with Gasteiger partial charge >= 0.3 is 0 Å². The highest BCUT2D eigenvalue weighted by Crippen LogP contribution is 2.22. The third-order valence-corrected chi connectivity index (χ3v) is 3.90. The summed E-state index contributed by atoms with van der Waals surface area (Å²) in [5.74, 6) is -0.448. The highest BCUT2D eigenvalue weighted by atomic mass is 35.5. The SMILES string of the molecule is CC(C)C(=O)Nc1ccc(NC(=O)/C=C/c2cc(Cl)ccc2Cl)cc1. The van der Waals surface area contributed by atoms with E-state index in [-0.39, 0.29) is 17.7 Å². The van der Waals surface area contributed by atoms with E-state index in [0.29, 0.717) is 27.0 Å². The number of nitrogens with one attached hydrogen (secondary N) is 2. The van der Waals surface area contributed by atoms with Gasteiger partial charge in [-0.05, 0) is 54.1 Å². The lowest BCUT2D eigenvalue weighted by molar-refractivity contribution is -0.119. The molecule has 2 amide bonds. The molecule has 0 saturated heterocycles. The molecule has 0 saturated carbocycles. The smallest absolute Gasteiger partial charge is 0.248 e. The highest BCUT2D eigenvalue weighted by molar-refractivity contribution is 6.34. The maximum atomic E-state index is 12.0. The molecule has 2 aromatic rings. The van der Waals surface area contributed by atoms with Crippen LogP contribution in [0.25, 0.3) is 6.08 Å². The quantitative estimate of drug-likeness (QED) is 0.700. The summed E-state index contributed by atoms with van der Waals surface area (Å²) in [4.78, 5) is 23.6. The zero-order valence-electron chi connectivity index (χ0n) is 13.8. The molecule has 0 aromatic heterocycles. The summed E-state index contributed by atoms with van der Waals surface area (Å²) in [5, 5.41) is 6.58. The Balaban J connectivity index is 1.97. The maximum absolute atomic E-state index is 12.0. The van der Waals surface area contributed by atoms with Crippen molar-refractivity contribution in [3.63, 3.8) is 0 Å². The average molecular weight is 377 g/mol. The molecule has 130 valence electrons. The molecule has 0 fully saturated rings. The van der Waals surface area contributed by atoms with Crippen LogP contribution in [0.15, 0.2) is 48.5 Å². The molecule has 0 bridgehead atoms. The molecule has 0 aliphatic rings. The van der Waals surface area contributed by atoms with Crippen LogP contribution in [-0.2, 0) is 9.59 Å². The minimum absolute atomic E-state index is 0.0573. The lowest BCUT2D eigenvalue weighted by atomic mass is 10.2. The molecule has 0 heterocycles. The minimum Gasteiger partial charge on any atom is -0.326 e. The Morgan fingerprint density at radius 2 is 1.56 bits per heavy atom. The van der Waals surface area contributed by atoms with Crippen molar-refractivity contribution in [2.45, 2.75) is 13.8 Å². The van der Waals surface area contributed by atoms with Crippen LogP contribution in [-0.4, -0.2) is 11.8 Å². The fourth-order valence-electron chi connectivity index (χ4n) is 1.92. The van der Waals surface area contributed by atoms with Crippen LogP contribution in [0.4, 0.5) is 11.4 Å². The molecule has 25 heavy (non-hydrogen) atoms. The Labute approximate surface area is 156 Å². The highest BCUT2D eigenvalue weighted by Gasteiger charge is 2.07. The molecular weight excluding hydrogens is 359 g/mol. The maximum Gasteiger partial charge on any atom is 0.248 e. The Bertz CT molecular complexity index is 800. The first kappa shape index (κ1) is 19.0. The first-order valence-corrected chi connectivity index (χ1v) is 8.46. The number of carbonyl (C=O) groups excluding carboxylic acids is 2. The summed E-state index contributed by atoms with van der Waals surface area (Å²) in [6.45, 7) is 3.64. The number of anilines is 2. The van der Waals surface area contributed by atoms with Crippen molar-refractivity contribution in [2.75, 3.05) is 10.6 Å². The van der Waals surface area contributed by atoms with Crippen molar-refractivity contribution in [1.29, 1.82) is 0 Å². The molecule has 0 atom stereocenters. The molecule has 0 aliphatic heterocycles. The van der Waals surface area contributed by atoms with E-state index in [1.54, 1.807) is 48.5 Å². The van der Waals surface area contributed by atoms with Crippen molar-refractivity contribution >= 4 is 52.5 Å². The Hall–Kier alpha value is -2.30. The predicted molar refractivity (Wildman–Crippen MR) is 104 cm³/mol. The molecule has 2 aromatic carbocycles. The van der Waals surface area contributed by atoms with Crippen LogP contribution in [0.1, 0.15) is 19.4 Å². The van der Waals surface area contributed by atoms with Crippen molar-refractivity contribution in [1.82, 2.24) is 0 Å². The Morgan fingerprint density at radius 3 is 2.16 bits per heavy atom. The lowest BCUT2D eigenvalue weighted by Gasteiger charge is -2.08. The summed E-state index contributed by atoms with van der Waals surface area (Å²) >= 11 is 12.0. The predicted octanol–water partition coefficient (Wildman–Crippen LogP) is 5.24. The fraction of sp³-hybridized carbons (Fsp3) is 0.158. The van der Waals surface area contributed by atoms with Crippen LogP contribution in [0.3, 0.4) is 0 Å². The first-order chi connectivity index (χ1) is 11.8. The molecule has 0 unspecified atom stereocenters. The van der Waals surface area contributed by atoms with Crippen LogP contribution in [0.5, 0.6) is 0 Å². The molecular formula is C19H18Cl2N2O2. The van der Waals surface area contributed by atoms with Crippen LogP contribution >= 0.6 is 23.2 Å². The van der Waals surface area contributed by atoms with E-state index < -0.39 is 0 Å². The van der Waals surface area contributed by atoms with E-state index in [0.717, 1.165) is 0 Å². The van der Waals surface area contributed by atoms with Gasteiger partial charge in [0.15, 0.2) is 0 Å². The van der Waals surface area contributed by atoms with Crippen LogP contribution in [0, 0.1) is 5.92 Å². The van der Waals surface area contributed by atoms with Crippen molar-refractivity contribution < 1.29 is 9.59 Å². The first-order valence-electron chi connectivity index (χ1n) is 7.70. The number of halogens is 2. The van der Waals surface area contributed by atoms with E-state index in [1.807, 2.05) is 13.8 Å². The van der Waals surface area contributed by atoms with Crippen LogP contribution in [0.2, 0.25) is 10.0 Å². The van der Waals surface area contributed by atoms with Gasteiger partial charge in [0.1, 0.15) is 0 Å². The molecule has 0 spiro atoms. The minimum atomic E-state index is -0.296. The number of amides is 2. The van der Waals surface area contributed by atoms with Crippen molar-refractivity contribution in [3.8, 4) is 0 Å².